The highest BCUT2D eigenvalue weighted by Gasteiger charge is 2.22. The number of hydrogen-bond donors (Lipinski definition) is 0. The van der Waals surface area contributed by atoms with Crippen LogP contribution in [0.25, 0.3) is 76.8 Å². The molecule has 2 heteroatoms. The molecule has 0 bridgehead atoms. The van der Waals surface area contributed by atoms with E-state index in [0.717, 1.165) is 111 Å². The largest absolute Gasteiger partial charge is 0.311 e. The van der Waals surface area contributed by atoms with E-state index >= 15 is 0 Å². The molecule has 0 unspecified atom stereocenters. The maximum atomic E-state index is 3.77. The molecule has 0 amide bonds. The number of benzene rings is 14. The molecule has 0 N–H and O–H groups in total. The van der Waals surface area contributed by atoms with Crippen LogP contribution >= 0.6 is 0 Å². The summed E-state index contributed by atoms with van der Waals surface area (Å²) in [6.07, 6.45) is 0. The maximum Gasteiger partial charge on any atom is 0.0462 e. The van der Waals surface area contributed by atoms with E-state index in [2.05, 4.69) is 349 Å². The van der Waals surface area contributed by atoms with Crippen molar-refractivity contribution in [3.05, 3.63) is 338 Å². The van der Waals surface area contributed by atoms with Gasteiger partial charge in [0.1, 0.15) is 0 Å². The van der Waals surface area contributed by atoms with Gasteiger partial charge in [-0.05, 0) is 186 Å². The first-order valence-corrected chi connectivity index (χ1v) is 27.8. The van der Waals surface area contributed by atoms with E-state index in [1.54, 1.807) is 0 Å². The second-order valence-electron chi connectivity index (χ2n) is 20.4. The van der Waals surface area contributed by atoms with Crippen LogP contribution in [0.3, 0.4) is 0 Å². The van der Waals surface area contributed by atoms with Gasteiger partial charge >= 0.3 is 0 Å². The van der Waals surface area contributed by atoms with Gasteiger partial charge in [0.2, 0.25) is 0 Å². The third-order valence-electron chi connectivity index (χ3n) is 15.5. The zero-order valence-electron chi connectivity index (χ0n) is 44.9. The molecule has 82 heavy (non-hydrogen) atoms. The van der Waals surface area contributed by atoms with Gasteiger partial charge in [0.15, 0.2) is 0 Å². The molecule has 14 aromatic carbocycles. The Bertz CT molecular complexity index is 4310. The zero-order valence-corrected chi connectivity index (χ0v) is 44.9. The molecule has 0 aliphatic heterocycles. The topological polar surface area (TPSA) is 6.48 Å². The van der Waals surface area contributed by atoms with Crippen LogP contribution in [0.1, 0.15) is 22.3 Å². The van der Waals surface area contributed by atoms with Crippen molar-refractivity contribution in [3.63, 3.8) is 0 Å². The molecular formula is C80H52N2. The fraction of sp³-hybridized carbons (Fsp3) is 0. The number of hydrogen-bond acceptors (Lipinski definition) is 2. The minimum absolute atomic E-state index is 0.931. The van der Waals surface area contributed by atoms with E-state index in [-0.39, 0.29) is 0 Å². The Hall–Kier alpha value is -11.2. The number of nitrogens with zero attached hydrogens (tertiary/aromatic N) is 2. The molecule has 0 fully saturated rings. The second-order valence-corrected chi connectivity index (χ2v) is 20.4. The van der Waals surface area contributed by atoms with Gasteiger partial charge in [-0.3, -0.25) is 0 Å². The summed E-state index contributed by atoms with van der Waals surface area (Å²) in [6, 6.07) is 112. The Morgan fingerprint density at radius 2 is 0.463 bits per heavy atom. The molecule has 0 saturated carbocycles. The minimum atomic E-state index is 0.931. The third kappa shape index (κ3) is 9.48. The van der Waals surface area contributed by atoms with E-state index in [1.165, 1.54) is 21.9 Å². The average molecular weight is 1040 g/mol. The molecule has 0 saturated heterocycles. The van der Waals surface area contributed by atoms with Crippen LogP contribution in [-0.2, 0) is 0 Å². The van der Waals surface area contributed by atoms with Gasteiger partial charge in [0.25, 0.3) is 0 Å². The normalized spacial score (nSPS) is 11.0. The molecule has 382 valence electrons. The van der Waals surface area contributed by atoms with Crippen LogP contribution in [-0.4, -0.2) is 0 Å². The highest BCUT2D eigenvalue weighted by Crippen LogP contribution is 2.48. The van der Waals surface area contributed by atoms with Crippen molar-refractivity contribution < 1.29 is 0 Å². The SMILES string of the molecule is C(#Cc1cc(-c2ccccc2-c2ccccc2)c2ccc3c(-c4ccccc4-c4ccccc4)cc(C#Cc4ccc(N(c5ccccc5)c5ccccc5)cc4)c4ccc1c2c43)c1ccc(N(c2ccccc2)c2ccccc2)cc1. The van der Waals surface area contributed by atoms with Crippen LogP contribution in [0.15, 0.2) is 315 Å². The number of para-hydroxylation sites is 4. The Morgan fingerprint density at radius 1 is 0.195 bits per heavy atom. The van der Waals surface area contributed by atoms with Crippen LogP contribution < -0.4 is 9.80 Å². The first kappa shape index (κ1) is 49.2. The molecule has 0 atom stereocenters. The lowest BCUT2D eigenvalue weighted by molar-refractivity contribution is 1.28. The summed E-state index contributed by atoms with van der Waals surface area (Å²) in [5.74, 6) is 14.9. The smallest absolute Gasteiger partial charge is 0.0462 e. The van der Waals surface area contributed by atoms with Crippen molar-refractivity contribution in [2.75, 3.05) is 9.80 Å². The minimum Gasteiger partial charge on any atom is -0.311 e. The summed E-state index contributed by atoms with van der Waals surface area (Å²) in [7, 11) is 0. The average Bonchev–Trinajstić information content (AvgIpc) is 3.70. The van der Waals surface area contributed by atoms with Gasteiger partial charge in [-0.1, -0.05) is 230 Å². The standard InChI is InChI=1S/C80H52N2/c1-7-23-59(24-8-1)69-35-19-21-37-73(69)77-55-61(45-39-57-41-47-67(48-42-57)81(63-27-11-3-12-28-63)64-29-13-4-14-30-64)71-51-52-72-62(46-40-58-43-49-68(50-44-58)82(65-31-15-5-16-32-65)66-33-17-6-18-34-66)56-78(76-54-53-75(77)79(71)80(72)76)74-38-22-20-36-70(74)60-25-9-2-10-26-60/h1-38,41-44,47-56H. The molecule has 0 spiro atoms. The molecular weight excluding hydrogens is 989 g/mol. The summed E-state index contributed by atoms with van der Waals surface area (Å²) >= 11 is 0. The van der Waals surface area contributed by atoms with Crippen LogP contribution in [0.5, 0.6) is 0 Å². The van der Waals surface area contributed by atoms with Crippen LogP contribution in [0.4, 0.5) is 34.1 Å². The van der Waals surface area contributed by atoms with E-state index < -0.39 is 0 Å². The summed E-state index contributed by atoms with van der Waals surface area (Å²) in [5.41, 5.74) is 19.5. The molecule has 0 radical (unpaired) electrons. The number of rotatable bonds is 10. The summed E-state index contributed by atoms with van der Waals surface area (Å²) in [6.45, 7) is 0. The molecule has 14 aromatic rings. The van der Waals surface area contributed by atoms with Gasteiger partial charge in [0.05, 0.1) is 0 Å². The fourth-order valence-electron chi connectivity index (χ4n) is 11.7. The maximum absolute atomic E-state index is 3.77. The van der Waals surface area contributed by atoms with Gasteiger partial charge < -0.3 is 9.80 Å². The Morgan fingerprint density at radius 3 is 0.793 bits per heavy atom. The molecule has 0 aliphatic rings. The Balaban J connectivity index is 0.970. The summed E-state index contributed by atoms with van der Waals surface area (Å²) < 4.78 is 0. The predicted octanol–water partition coefficient (Wildman–Crippen LogP) is 21.0. The first-order chi connectivity index (χ1) is 40.7. The van der Waals surface area contributed by atoms with Gasteiger partial charge in [-0.25, -0.2) is 0 Å². The fourth-order valence-corrected chi connectivity index (χ4v) is 11.7. The van der Waals surface area contributed by atoms with E-state index in [9.17, 15) is 0 Å². The lowest BCUT2D eigenvalue weighted by atomic mass is 9.82. The monoisotopic (exact) mass is 1040 g/mol. The predicted molar refractivity (Wildman–Crippen MR) is 346 cm³/mol. The van der Waals surface area contributed by atoms with E-state index in [0.29, 0.717) is 0 Å². The summed E-state index contributed by atoms with van der Waals surface area (Å²) in [5, 5.41) is 6.87. The van der Waals surface area contributed by atoms with Crippen molar-refractivity contribution >= 4 is 66.4 Å². The lowest BCUT2D eigenvalue weighted by Gasteiger charge is -2.25. The first-order valence-electron chi connectivity index (χ1n) is 27.8. The lowest BCUT2D eigenvalue weighted by Crippen LogP contribution is -2.09. The van der Waals surface area contributed by atoms with Crippen molar-refractivity contribution in [1.29, 1.82) is 0 Å². The van der Waals surface area contributed by atoms with Crippen LogP contribution in [0, 0.1) is 23.7 Å². The highest BCUT2D eigenvalue weighted by atomic mass is 15.1. The molecule has 0 heterocycles. The van der Waals surface area contributed by atoms with Crippen molar-refractivity contribution in [2.45, 2.75) is 0 Å². The molecule has 2 nitrogen and oxygen atoms in total. The summed E-state index contributed by atoms with van der Waals surface area (Å²) in [4.78, 5) is 4.56. The molecule has 0 aromatic heterocycles. The molecule has 14 rings (SSSR count). The van der Waals surface area contributed by atoms with Crippen LogP contribution in [0.2, 0.25) is 0 Å². The number of anilines is 6. The van der Waals surface area contributed by atoms with Crippen molar-refractivity contribution in [3.8, 4) is 68.2 Å². The Kier molecular flexibility index (Phi) is 13.1. The third-order valence-corrected chi connectivity index (χ3v) is 15.5. The second kappa shape index (κ2) is 21.9. The zero-order chi connectivity index (χ0) is 54.6. The van der Waals surface area contributed by atoms with E-state index in [4.69, 9.17) is 0 Å². The van der Waals surface area contributed by atoms with Gasteiger partial charge in [-0.15, -0.1) is 0 Å². The van der Waals surface area contributed by atoms with Gasteiger partial charge in [0, 0.05) is 56.4 Å². The highest BCUT2D eigenvalue weighted by molar-refractivity contribution is 6.30. The molecule has 0 aliphatic carbocycles. The quantitative estimate of drug-likeness (QED) is 0.0995. The van der Waals surface area contributed by atoms with Gasteiger partial charge in [-0.2, -0.15) is 0 Å². The van der Waals surface area contributed by atoms with E-state index in [1.807, 2.05) is 0 Å². The Labute approximate surface area is 479 Å². The van der Waals surface area contributed by atoms with Crippen molar-refractivity contribution in [1.82, 2.24) is 0 Å². The van der Waals surface area contributed by atoms with Crippen molar-refractivity contribution in [2.24, 2.45) is 0 Å².